The molecule has 2 N–H and O–H groups in total. The molecule has 0 saturated carbocycles. The van der Waals surface area contributed by atoms with E-state index < -0.39 is 0 Å². The third kappa shape index (κ3) is 6.50. The number of ether oxygens (including phenoxy) is 2. The Labute approximate surface area is 136 Å². The number of methoxy groups -OCH3 is 1. The van der Waals surface area contributed by atoms with Gasteiger partial charge in [0.1, 0.15) is 11.5 Å². The van der Waals surface area contributed by atoms with Crippen LogP contribution in [0.15, 0.2) is 54.6 Å². The molecule has 0 aliphatic heterocycles. The summed E-state index contributed by atoms with van der Waals surface area (Å²) in [4.78, 5) is 11.7. The van der Waals surface area contributed by atoms with Gasteiger partial charge in [0.05, 0.1) is 13.2 Å². The fourth-order valence-electron chi connectivity index (χ4n) is 1.98. The van der Waals surface area contributed by atoms with Gasteiger partial charge in [-0.3, -0.25) is 4.79 Å². The van der Waals surface area contributed by atoms with E-state index in [9.17, 15) is 4.79 Å². The van der Waals surface area contributed by atoms with Gasteiger partial charge in [-0.1, -0.05) is 30.3 Å². The minimum Gasteiger partial charge on any atom is -0.457 e. The number of nitrogens with one attached hydrogen (secondary N) is 2. The van der Waals surface area contributed by atoms with Crippen LogP contribution in [-0.2, 0) is 16.1 Å². The Morgan fingerprint density at radius 2 is 1.83 bits per heavy atom. The SMILES string of the molecule is COCCNCC(=O)NCc1cccc(Oc2ccccc2)c1. The molecule has 5 nitrogen and oxygen atoms in total. The van der Waals surface area contributed by atoms with E-state index in [1.807, 2.05) is 54.6 Å². The van der Waals surface area contributed by atoms with Crippen molar-refractivity contribution in [2.24, 2.45) is 0 Å². The van der Waals surface area contributed by atoms with Crippen molar-refractivity contribution in [3.63, 3.8) is 0 Å². The molecule has 0 fully saturated rings. The third-order valence-corrected chi connectivity index (χ3v) is 3.14. The standard InChI is InChI=1S/C18H22N2O3/c1-22-11-10-19-14-18(21)20-13-15-6-5-9-17(12-15)23-16-7-3-2-4-8-16/h2-9,12,19H,10-11,13-14H2,1H3,(H,20,21). The highest BCUT2D eigenvalue weighted by Gasteiger charge is 2.02. The average Bonchev–Trinajstić information content (AvgIpc) is 2.58. The molecule has 23 heavy (non-hydrogen) atoms. The monoisotopic (exact) mass is 314 g/mol. The van der Waals surface area contributed by atoms with Gasteiger partial charge in [0.2, 0.25) is 5.91 Å². The molecule has 5 heteroatoms. The van der Waals surface area contributed by atoms with E-state index >= 15 is 0 Å². The Kier molecular flexibility index (Phi) is 7.10. The van der Waals surface area contributed by atoms with Gasteiger partial charge in [0.15, 0.2) is 0 Å². The maximum atomic E-state index is 11.7. The highest BCUT2D eigenvalue weighted by atomic mass is 16.5. The molecule has 0 saturated heterocycles. The third-order valence-electron chi connectivity index (χ3n) is 3.14. The second-order valence-electron chi connectivity index (χ2n) is 5.01. The summed E-state index contributed by atoms with van der Waals surface area (Å²) in [5.74, 6) is 1.49. The lowest BCUT2D eigenvalue weighted by atomic mass is 10.2. The van der Waals surface area contributed by atoms with Gasteiger partial charge in [-0.15, -0.1) is 0 Å². The Balaban J connectivity index is 1.79. The summed E-state index contributed by atoms with van der Waals surface area (Å²) in [5.41, 5.74) is 0.990. The molecule has 0 unspecified atom stereocenters. The van der Waals surface area contributed by atoms with Crippen molar-refractivity contribution >= 4 is 5.91 Å². The summed E-state index contributed by atoms with van der Waals surface area (Å²) in [5, 5.41) is 5.87. The fourth-order valence-corrected chi connectivity index (χ4v) is 1.98. The van der Waals surface area contributed by atoms with Crippen LogP contribution in [0.2, 0.25) is 0 Å². The maximum absolute atomic E-state index is 11.7. The molecule has 0 spiro atoms. The van der Waals surface area contributed by atoms with E-state index in [4.69, 9.17) is 9.47 Å². The lowest BCUT2D eigenvalue weighted by Crippen LogP contribution is -2.34. The van der Waals surface area contributed by atoms with Crippen molar-refractivity contribution in [1.29, 1.82) is 0 Å². The summed E-state index contributed by atoms with van der Waals surface area (Å²) in [7, 11) is 1.63. The Bertz CT molecular complexity index is 602. The molecule has 0 heterocycles. The zero-order valence-corrected chi connectivity index (χ0v) is 13.2. The molecule has 0 aromatic heterocycles. The molecule has 0 bridgehead atoms. The summed E-state index contributed by atoms with van der Waals surface area (Å²) >= 11 is 0. The molecule has 2 rings (SSSR count). The van der Waals surface area contributed by atoms with E-state index in [2.05, 4.69) is 10.6 Å². The molecule has 0 atom stereocenters. The molecule has 1 amide bonds. The van der Waals surface area contributed by atoms with Crippen molar-refractivity contribution in [2.45, 2.75) is 6.54 Å². The lowest BCUT2D eigenvalue weighted by Gasteiger charge is -2.09. The Morgan fingerprint density at radius 1 is 1.04 bits per heavy atom. The predicted molar refractivity (Wildman–Crippen MR) is 89.6 cm³/mol. The summed E-state index contributed by atoms with van der Waals surface area (Å²) in [6, 6.07) is 17.3. The normalized spacial score (nSPS) is 10.3. The minimum absolute atomic E-state index is 0.0458. The van der Waals surface area contributed by atoms with Crippen LogP contribution in [0.1, 0.15) is 5.56 Å². The zero-order valence-electron chi connectivity index (χ0n) is 13.2. The van der Waals surface area contributed by atoms with Crippen LogP contribution < -0.4 is 15.4 Å². The minimum atomic E-state index is -0.0458. The van der Waals surface area contributed by atoms with E-state index in [0.717, 1.165) is 17.1 Å². The smallest absolute Gasteiger partial charge is 0.234 e. The Morgan fingerprint density at radius 3 is 2.61 bits per heavy atom. The van der Waals surface area contributed by atoms with Gasteiger partial charge >= 0.3 is 0 Å². The zero-order chi connectivity index (χ0) is 16.3. The summed E-state index contributed by atoms with van der Waals surface area (Å²) < 4.78 is 10.7. The van der Waals surface area contributed by atoms with Crippen LogP contribution in [0.5, 0.6) is 11.5 Å². The first-order chi connectivity index (χ1) is 11.3. The number of carbonyl (C=O) groups is 1. The van der Waals surface area contributed by atoms with E-state index in [-0.39, 0.29) is 12.5 Å². The number of benzene rings is 2. The number of hydrogen-bond acceptors (Lipinski definition) is 4. The highest BCUT2D eigenvalue weighted by Crippen LogP contribution is 2.21. The molecule has 0 radical (unpaired) electrons. The van der Waals surface area contributed by atoms with Crippen molar-refractivity contribution in [3.8, 4) is 11.5 Å². The lowest BCUT2D eigenvalue weighted by molar-refractivity contribution is -0.120. The number of hydrogen-bond donors (Lipinski definition) is 2. The second-order valence-corrected chi connectivity index (χ2v) is 5.01. The first-order valence-electron chi connectivity index (χ1n) is 7.56. The quantitative estimate of drug-likeness (QED) is 0.698. The van der Waals surface area contributed by atoms with Gasteiger partial charge < -0.3 is 20.1 Å². The van der Waals surface area contributed by atoms with Crippen LogP contribution in [0.4, 0.5) is 0 Å². The predicted octanol–water partition coefficient (Wildman–Crippen LogP) is 2.33. The van der Waals surface area contributed by atoms with Crippen molar-refractivity contribution < 1.29 is 14.3 Å². The molecular formula is C18H22N2O3. The van der Waals surface area contributed by atoms with E-state index in [0.29, 0.717) is 19.7 Å². The van der Waals surface area contributed by atoms with Crippen LogP contribution in [0, 0.1) is 0 Å². The number of carbonyl (C=O) groups excluding carboxylic acids is 1. The van der Waals surface area contributed by atoms with Crippen LogP contribution >= 0.6 is 0 Å². The topological polar surface area (TPSA) is 59.6 Å². The van der Waals surface area contributed by atoms with Crippen LogP contribution in [-0.4, -0.2) is 32.7 Å². The second kappa shape index (κ2) is 9.61. The van der Waals surface area contributed by atoms with Gasteiger partial charge in [-0.05, 0) is 29.8 Å². The van der Waals surface area contributed by atoms with Crippen molar-refractivity contribution in [2.75, 3.05) is 26.8 Å². The van der Waals surface area contributed by atoms with Gasteiger partial charge in [-0.25, -0.2) is 0 Å². The average molecular weight is 314 g/mol. The number of amides is 1. The van der Waals surface area contributed by atoms with Gasteiger partial charge in [0.25, 0.3) is 0 Å². The summed E-state index contributed by atoms with van der Waals surface area (Å²) in [6.45, 7) is 2.00. The molecule has 122 valence electrons. The van der Waals surface area contributed by atoms with E-state index in [1.165, 1.54) is 0 Å². The van der Waals surface area contributed by atoms with Crippen molar-refractivity contribution in [1.82, 2.24) is 10.6 Å². The highest BCUT2D eigenvalue weighted by molar-refractivity contribution is 5.77. The molecule has 0 aliphatic carbocycles. The molecule has 0 aliphatic rings. The summed E-state index contributed by atoms with van der Waals surface area (Å²) in [6.07, 6.45) is 0. The molecule has 2 aromatic carbocycles. The van der Waals surface area contributed by atoms with Crippen LogP contribution in [0.25, 0.3) is 0 Å². The Hall–Kier alpha value is -2.37. The first kappa shape index (κ1) is 17.0. The van der Waals surface area contributed by atoms with Gasteiger partial charge in [0, 0.05) is 20.2 Å². The van der Waals surface area contributed by atoms with Gasteiger partial charge in [-0.2, -0.15) is 0 Å². The van der Waals surface area contributed by atoms with Crippen molar-refractivity contribution in [3.05, 3.63) is 60.2 Å². The molecule has 2 aromatic rings. The molecular weight excluding hydrogens is 292 g/mol. The number of rotatable bonds is 9. The first-order valence-corrected chi connectivity index (χ1v) is 7.56. The maximum Gasteiger partial charge on any atom is 0.234 e. The van der Waals surface area contributed by atoms with E-state index in [1.54, 1.807) is 7.11 Å². The number of para-hydroxylation sites is 1. The fraction of sp³-hybridized carbons (Fsp3) is 0.278. The van der Waals surface area contributed by atoms with Crippen LogP contribution in [0.3, 0.4) is 0 Å². The largest absolute Gasteiger partial charge is 0.457 e.